The number of hydrogen-bond donors (Lipinski definition) is 3. The van der Waals surface area contributed by atoms with Crippen molar-refractivity contribution in [3.05, 3.63) is 30.3 Å². The van der Waals surface area contributed by atoms with E-state index in [-0.39, 0.29) is 23.9 Å². The van der Waals surface area contributed by atoms with Crippen molar-refractivity contribution in [1.82, 2.24) is 20.4 Å². The lowest BCUT2D eigenvalue weighted by atomic mass is 9.96. The molecule has 1 saturated heterocycles. The molecule has 8 nitrogen and oxygen atoms in total. The van der Waals surface area contributed by atoms with Crippen LogP contribution in [-0.4, -0.2) is 73.0 Å². The average Bonchev–Trinajstić information content (AvgIpc) is 2.75. The first kappa shape index (κ1) is 22.1. The fourth-order valence-electron chi connectivity index (χ4n) is 4.00. The second kappa shape index (κ2) is 11.5. The molecular weight excluding hydrogens is 382 g/mol. The molecule has 1 saturated carbocycles. The number of amides is 4. The maximum absolute atomic E-state index is 12.4. The minimum absolute atomic E-state index is 0.0429. The maximum Gasteiger partial charge on any atom is 0.315 e. The van der Waals surface area contributed by atoms with Crippen molar-refractivity contribution >= 4 is 23.5 Å². The van der Waals surface area contributed by atoms with E-state index >= 15 is 0 Å². The number of hydrogen-bond acceptors (Lipinski definition) is 4. The van der Waals surface area contributed by atoms with Gasteiger partial charge in [0.1, 0.15) is 0 Å². The lowest BCUT2D eigenvalue weighted by Gasteiger charge is -2.34. The zero-order valence-corrected chi connectivity index (χ0v) is 17.6. The number of anilines is 1. The van der Waals surface area contributed by atoms with Crippen LogP contribution in [-0.2, 0) is 9.59 Å². The fourth-order valence-corrected chi connectivity index (χ4v) is 4.00. The van der Waals surface area contributed by atoms with Gasteiger partial charge in [-0.25, -0.2) is 4.79 Å². The van der Waals surface area contributed by atoms with Gasteiger partial charge in [0.25, 0.3) is 0 Å². The highest BCUT2D eigenvalue weighted by Gasteiger charge is 2.22. The Hall–Kier alpha value is -2.61. The molecule has 0 atom stereocenters. The van der Waals surface area contributed by atoms with E-state index in [9.17, 15) is 14.4 Å². The minimum atomic E-state index is -0.177. The standard InChI is InChI=1S/C22H33N5O3/c28-20(24-18-7-3-1-4-8-18)17-26-13-15-27(16-14-26)21(29)11-12-23-22(30)25-19-9-5-2-6-10-19/h1,3-4,7-8,19H,2,5-6,9-17H2,(H,24,28)(H2,23,25,30). The largest absolute Gasteiger partial charge is 0.340 e. The summed E-state index contributed by atoms with van der Waals surface area (Å²) in [5.41, 5.74) is 0.788. The molecule has 1 heterocycles. The quantitative estimate of drug-likeness (QED) is 0.633. The normalized spacial score (nSPS) is 17.9. The van der Waals surface area contributed by atoms with Gasteiger partial charge in [0.05, 0.1) is 6.54 Å². The molecule has 3 N–H and O–H groups in total. The predicted octanol–water partition coefficient (Wildman–Crippen LogP) is 1.79. The molecule has 1 aliphatic heterocycles. The maximum atomic E-state index is 12.4. The van der Waals surface area contributed by atoms with Crippen LogP contribution in [0.3, 0.4) is 0 Å². The molecule has 30 heavy (non-hydrogen) atoms. The van der Waals surface area contributed by atoms with Gasteiger partial charge in [0.2, 0.25) is 11.8 Å². The number of para-hydroxylation sites is 1. The topological polar surface area (TPSA) is 93.8 Å². The molecule has 2 fully saturated rings. The van der Waals surface area contributed by atoms with Gasteiger partial charge < -0.3 is 20.9 Å². The number of nitrogens with one attached hydrogen (secondary N) is 3. The van der Waals surface area contributed by atoms with Crippen molar-refractivity contribution in [2.75, 3.05) is 44.6 Å². The molecular formula is C22H33N5O3. The van der Waals surface area contributed by atoms with Crippen LogP contribution in [0.5, 0.6) is 0 Å². The average molecular weight is 416 g/mol. The number of benzene rings is 1. The zero-order chi connectivity index (χ0) is 21.2. The molecule has 8 heteroatoms. The van der Waals surface area contributed by atoms with Crippen molar-refractivity contribution < 1.29 is 14.4 Å². The number of carbonyl (C=O) groups excluding carboxylic acids is 3. The van der Waals surface area contributed by atoms with E-state index in [0.29, 0.717) is 45.7 Å². The number of urea groups is 1. The first-order chi connectivity index (χ1) is 14.6. The highest BCUT2D eigenvalue weighted by molar-refractivity contribution is 5.92. The highest BCUT2D eigenvalue weighted by Crippen LogP contribution is 2.17. The molecule has 2 aliphatic rings. The Kier molecular flexibility index (Phi) is 8.50. The molecule has 164 valence electrons. The van der Waals surface area contributed by atoms with Crippen molar-refractivity contribution in [2.45, 2.75) is 44.6 Å². The smallest absolute Gasteiger partial charge is 0.315 e. The van der Waals surface area contributed by atoms with E-state index < -0.39 is 0 Å². The number of nitrogens with zero attached hydrogens (tertiary/aromatic N) is 2. The predicted molar refractivity (Wildman–Crippen MR) is 116 cm³/mol. The molecule has 1 aliphatic carbocycles. The number of piperazine rings is 1. The Bertz CT molecular complexity index is 698. The van der Waals surface area contributed by atoms with E-state index in [0.717, 1.165) is 18.5 Å². The van der Waals surface area contributed by atoms with Crippen LogP contribution in [0, 0.1) is 0 Å². The van der Waals surface area contributed by atoms with Crippen molar-refractivity contribution in [1.29, 1.82) is 0 Å². The first-order valence-corrected chi connectivity index (χ1v) is 11.0. The van der Waals surface area contributed by atoms with Crippen LogP contribution in [0.4, 0.5) is 10.5 Å². The summed E-state index contributed by atoms with van der Waals surface area (Å²) in [6.45, 7) is 3.21. The summed E-state index contributed by atoms with van der Waals surface area (Å²) in [5, 5.41) is 8.67. The Morgan fingerprint density at radius 1 is 0.933 bits per heavy atom. The van der Waals surface area contributed by atoms with E-state index in [1.165, 1.54) is 19.3 Å². The highest BCUT2D eigenvalue weighted by atomic mass is 16.2. The van der Waals surface area contributed by atoms with Crippen LogP contribution in [0.25, 0.3) is 0 Å². The van der Waals surface area contributed by atoms with Gasteiger partial charge in [-0.2, -0.15) is 0 Å². The van der Waals surface area contributed by atoms with E-state index in [1.54, 1.807) is 0 Å². The third-order valence-corrected chi connectivity index (χ3v) is 5.71. The summed E-state index contributed by atoms with van der Waals surface area (Å²) < 4.78 is 0. The van der Waals surface area contributed by atoms with Gasteiger partial charge in [0.15, 0.2) is 0 Å². The van der Waals surface area contributed by atoms with Crippen molar-refractivity contribution in [3.63, 3.8) is 0 Å². The molecule has 3 rings (SSSR count). The van der Waals surface area contributed by atoms with Crippen LogP contribution >= 0.6 is 0 Å². The summed E-state index contributed by atoms with van der Waals surface area (Å²) in [7, 11) is 0. The molecule has 0 spiro atoms. The fraction of sp³-hybridized carbons (Fsp3) is 0.591. The van der Waals surface area contributed by atoms with Gasteiger partial charge in [-0.3, -0.25) is 14.5 Å². The molecule has 0 bridgehead atoms. The van der Waals surface area contributed by atoms with E-state index in [1.807, 2.05) is 35.2 Å². The SMILES string of the molecule is O=C(CN1CCN(C(=O)CCNC(=O)NC2CCCCC2)CC1)Nc1ccccc1. The van der Waals surface area contributed by atoms with Crippen molar-refractivity contribution in [2.24, 2.45) is 0 Å². The monoisotopic (exact) mass is 415 g/mol. The van der Waals surface area contributed by atoms with Crippen LogP contribution in [0.1, 0.15) is 38.5 Å². The first-order valence-electron chi connectivity index (χ1n) is 11.0. The summed E-state index contributed by atoms with van der Waals surface area (Å²) in [6.07, 6.45) is 5.97. The number of carbonyl (C=O) groups is 3. The molecule has 4 amide bonds. The Labute approximate surface area is 178 Å². The Morgan fingerprint density at radius 3 is 2.33 bits per heavy atom. The summed E-state index contributed by atoms with van der Waals surface area (Å²) in [4.78, 5) is 40.4. The van der Waals surface area contributed by atoms with Crippen LogP contribution in [0.2, 0.25) is 0 Å². The molecule has 0 unspecified atom stereocenters. The van der Waals surface area contributed by atoms with Crippen LogP contribution in [0.15, 0.2) is 30.3 Å². The molecule has 1 aromatic carbocycles. The minimum Gasteiger partial charge on any atom is -0.340 e. The third kappa shape index (κ3) is 7.33. The molecule has 0 aromatic heterocycles. The molecule has 1 aromatic rings. The summed E-state index contributed by atoms with van der Waals surface area (Å²) >= 11 is 0. The number of rotatable bonds is 7. The zero-order valence-electron chi connectivity index (χ0n) is 17.6. The van der Waals surface area contributed by atoms with Gasteiger partial charge in [-0.15, -0.1) is 0 Å². The van der Waals surface area contributed by atoms with Gasteiger partial charge >= 0.3 is 6.03 Å². The van der Waals surface area contributed by atoms with Gasteiger partial charge in [0, 0.05) is 50.9 Å². The lowest BCUT2D eigenvalue weighted by Crippen LogP contribution is -2.51. The summed E-state index contributed by atoms with van der Waals surface area (Å²) in [6, 6.07) is 9.48. The summed E-state index contributed by atoms with van der Waals surface area (Å²) in [5.74, 6) is -0.00416. The third-order valence-electron chi connectivity index (χ3n) is 5.71. The van der Waals surface area contributed by atoms with Crippen molar-refractivity contribution in [3.8, 4) is 0 Å². The Balaban J connectivity index is 1.28. The second-order valence-electron chi connectivity index (χ2n) is 8.06. The van der Waals surface area contributed by atoms with E-state index in [2.05, 4.69) is 20.9 Å². The van der Waals surface area contributed by atoms with Gasteiger partial charge in [-0.05, 0) is 25.0 Å². The Morgan fingerprint density at radius 2 is 1.63 bits per heavy atom. The lowest BCUT2D eigenvalue weighted by molar-refractivity contribution is -0.132. The van der Waals surface area contributed by atoms with E-state index in [4.69, 9.17) is 0 Å². The second-order valence-corrected chi connectivity index (χ2v) is 8.06. The molecule has 0 radical (unpaired) electrons. The van der Waals surface area contributed by atoms with Crippen LogP contribution < -0.4 is 16.0 Å². The van der Waals surface area contributed by atoms with Gasteiger partial charge in [-0.1, -0.05) is 37.5 Å².